The number of rotatable bonds is 7. The molecule has 0 aliphatic rings. The number of fused-ring (bicyclic) bond motifs is 4. The second-order valence-corrected chi connectivity index (χ2v) is 13.7. The standard InChI is InChI=1S/C52H35NO/c1-3-13-38(14-4-1)50-35-40(29-34-47(50)46-22-11-16-37-15-7-8-19-44(37)46)36-25-30-42(31-26-36)53(41-17-5-2-6-18-41)43-32-27-39(28-33-43)45-21-12-23-49-48-20-9-10-24-51(48)54-52(45)49/h1-35H. The minimum Gasteiger partial charge on any atom is -0.455 e. The molecule has 0 spiro atoms. The van der Waals surface area contributed by atoms with Crippen molar-refractivity contribution in [2.75, 3.05) is 4.90 Å². The zero-order valence-electron chi connectivity index (χ0n) is 29.6. The highest BCUT2D eigenvalue weighted by Gasteiger charge is 2.17. The fourth-order valence-corrected chi connectivity index (χ4v) is 7.87. The molecule has 0 N–H and O–H groups in total. The quantitative estimate of drug-likeness (QED) is 0.166. The number of nitrogens with zero attached hydrogens (tertiary/aromatic N) is 1. The van der Waals surface area contributed by atoms with Gasteiger partial charge in [-0.05, 0) is 98.2 Å². The van der Waals surface area contributed by atoms with Gasteiger partial charge in [0.05, 0.1) is 0 Å². The number of para-hydroxylation sites is 3. The zero-order valence-corrected chi connectivity index (χ0v) is 29.6. The summed E-state index contributed by atoms with van der Waals surface area (Å²) in [5.74, 6) is 0. The smallest absolute Gasteiger partial charge is 0.143 e. The van der Waals surface area contributed by atoms with E-state index in [1.54, 1.807) is 0 Å². The van der Waals surface area contributed by atoms with E-state index in [0.717, 1.165) is 50.1 Å². The second-order valence-electron chi connectivity index (χ2n) is 13.7. The van der Waals surface area contributed by atoms with Gasteiger partial charge in [-0.2, -0.15) is 0 Å². The average Bonchev–Trinajstić information content (AvgIpc) is 3.64. The lowest BCUT2D eigenvalue weighted by Gasteiger charge is -2.26. The largest absolute Gasteiger partial charge is 0.455 e. The molecule has 0 fully saturated rings. The van der Waals surface area contributed by atoms with Crippen LogP contribution in [0.4, 0.5) is 17.1 Å². The van der Waals surface area contributed by atoms with E-state index < -0.39 is 0 Å². The minimum absolute atomic E-state index is 0.910. The van der Waals surface area contributed by atoms with Crippen LogP contribution in [0, 0.1) is 0 Å². The molecule has 54 heavy (non-hydrogen) atoms. The van der Waals surface area contributed by atoms with Crippen molar-refractivity contribution in [1.82, 2.24) is 0 Å². The van der Waals surface area contributed by atoms with E-state index in [1.165, 1.54) is 44.2 Å². The third-order valence-corrected chi connectivity index (χ3v) is 10.5. The van der Waals surface area contributed by atoms with Crippen LogP contribution in [0.5, 0.6) is 0 Å². The summed E-state index contributed by atoms with van der Waals surface area (Å²) < 4.78 is 6.37. The molecule has 0 saturated carbocycles. The molecule has 0 atom stereocenters. The van der Waals surface area contributed by atoms with Crippen LogP contribution >= 0.6 is 0 Å². The highest BCUT2D eigenvalue weighted by atomic mass is 16.3. The molecule has 9 aromatic carbocycles. The molecular formula is C52H35NO. The lowest BCUT2D eigenvalue weighted by molar-refractivity contribution is 0.670. The number of anilines is 3. The monoisotopic (exact) mass is 689 g/mol. The summed E-state index contributed by atoms with van der Waals surface area (Å²) in [7, 11) is 0. The summed E-state index contributed by atoms with van der Waals surface area (Å²) in [6.07, 6.45) is 0. The number of hydrogen-bond acceptors (Lipinski definition) is 2. The molecule has 0 aliphatic carbocycles. The molecule has 0 saturated heterocycles. The van der Waals surface area contributed by atoms with Crippen molar-refractivity contribution in [3.63, 3.8) is 0 Å². The Bertz CT molecular complexity index is 2900. The van der Waals surface area contributed by atoms with Crippen molar-refractivity contribution in [2.45, 2.75) is 0 Å². The van der Waals surface area contributed by atoms with E-state index in [-0.39, 0.29) is 0 Å². The molecule has 0 unspecified atom stereocenters. The maximum atomic E-state index is 6.37. The third kappa shape index (κ3) is 5.62. The predicted octanol–water partition coefficient (Wildman–Crippen LogP) is 14.9. The first-order valence-corrected chi connectivity index (χ1v) is 18.4. The molecule has 0 amide bonds. The third-order valence-electron chi connectivity index (χ3n) is 10.5. The molecule has 0 aliphatic heterocycles. The Morgan fingerprint density at radius 3 is 1.61 bits per heavy atom. The summed E-state index contributed by atoms with van der Waals surface area (Å²) in [5, 5.41) is 4.78. The molecule has 1 heterocycles. The van der Waals surface area contributed by atoms with Crippen LogP contribution in [0.25, 0.3) is 77.2 Å². The van der Waals surface area contributed by atoms with Gasteiger partial charge in [-0.25, -0.2) is 0 Å². The normalized spacial score (nSPS) is 11.3. The number of hydrogen-bond donors (Lipinski definition) is 0. The van der Waals surface area contributed by atoms with E-state index in [4.69, 9.17) is 4.42 Å². The molecule has 0 bridgehead atoms. The first-order valence-electron chi connectivity index (χ1n) is 18.4. The second kappa shape index (κ2) is 13.4. The molecular weight excluding hydrogens is 655 g/mol. The topological polar surface area (TPSA) is 16.4 Å². The van der Waals surface area contributed by atoms with E-state index in [0.29, 0.717) is 0 Å². The molecule has 1 aromatic heterocycles. The first-order chi connectivity index (χ1) is 26.8. The number of benzene rings is 9. The van der Waals surface area contributed by atoms with Crippen molar-refractivity contribution in [3.05, 3.63) is 212 Å². The first kappa shape index (κ1) is 31.6. The van der Waals surface area contributed by atoms with Gasteiger partial charge in [-0.15, -0.1) is 0 Å². The fourth-order valence-electron chi connectivity index (χ4n) is 7.87. The van der Waals surface area contributed by atoms with Crippen LogP contribution in [0.1, 0.15) is 0 Å². The van der Waals surface area contributed by atoms with Crippen LogP contribution in [0.15, 0.2) is 217 Å². The van der Waals surface area contributed by atoms with Gasteiger partial charge in [0.1, 0.15) is 11.2 Å². The molecule has 0 radical (unpaired) electrons. The maximum Gasteiger partial charge on any atom is 0.143 e. The van der Waals surface area contributed by atoms with Crippen molar-refractivity contribution >= 4 is 49.8 Å². The Morgan fingerprint density at radius 1 is 0.296 bits per heavy atom. The maximum absolute atomic E-state index is 6.37. The Labute approximate surface area is 314 Å². The molecule has 254 valence electrons. The Balaban J connectivity index is 1.02. The van der Waals surface area contributed by atoms with Gasteiger partial charge in [-0.3, -0.25) is 0 Å². The minimum atomic E-state index is 0.910. The van der Waals surface area contributed by atoms with Gasteiger partial charge in [0, 0.05) is 33.4 Å². The van der Waals surface area contributed by atoms with Crippen molar-refractivity contribution in [3.8, 4) is 44.5 Å². The lowest BCUT2D eigenvalue weighted by Crippen LogP contribution is -2.09. The summed E-state index contributed by atoms with van der Waals surface area (Å²) in [4.78, 5) is 2.31. The van der Waals surface area contributed by atoms with Crippen LogP contribution in [-0.2, 0) is 0 Å². The predicted molar refractivity (Wildman–Crippen MR) is 228 cm³/mol. The van der Waals surface area contributed by atoms with Gasteiger partial charge in [0.15, 0.2) is 0 Å². The molecule has 10 aromatic rings. The highest BCUT2D eigenvalue weighted by molar-refractivity contribution is 6.09. The van der Waals surface area contributed by atoms with Crippen molar-refractivity contribution < 1.29 is 4.42 Å². The molecule has 10 rings (SSSR count). The van der Waals surface area contributed by atoms with Crippen LogP contribution in [0.3, 0.4) is 0 Å². The van der Waals surface area contributed by atoms with E-state index in [1.807, 2.05) is 12.1 Å². The molecule has 2 nitrogen and oxygen atoms in total. The molecule has 2 heteroatoms. The average molecular weight is 690 g/mol. The van der Waals surface area contributed by atoms with Crippen molar-refractivity contribution in [1.29, 1.82) is 0 Å². The zero-order chi connectivity index (χ0) is 35.8. The van der Waals surface area contributed by atoms with Gasteiger partial charge >= 0.3 is 0 Å². The van der Waals surface area contributed by atoms with Crippen LogP contribution < -0.4 is 4.90 Å². The van der Waals surface area contributed by atoms with Crippen molar-refractivity contribution in [2.24, 2.45) is 0 Å². The fraction of sp³-hybridized carbons (Fsp3) is 0. The lowest BCUT2D eigenvalue weighted by atomic mass is 9.89. The summed E-state index contributed by atoms with van der Waals surface area (Å²) in [6, 6.07) is 75.8. The van der Waals surface area contributed by atoms with E-state index in [2.05, 4.69) is 205 Å². The number of furan rings is 1. The summed E-state index contributed by atoms with van der Waals surface area (Å²) in [6.45, 7) is 0. The Morgan fingerprint density at radius 2 is 0.833 bits per heavy atom. The van der Waals surface area contributed by atoms with Gasteiger partial charge in [0.25, 0.3) is 0 Å². The summed E-state index contributed by atoms with van der Waals surface area (Å²) >= 11 is 0. The highest BCUT2D eigenvalue weighted by Crippen LogP contribution is 2.41. The van der Waals surface area contributed by atoms with Crippen LogP contribution in [-0.4, -0.2) is 0 Å². The Kier molecular flexibility index (Phi) is 7.85. The van der Waals surface area contributed by atoms with Crippen LogP contribution in [0.2, 0.25) is 0 Å². The van der Waals surface area contributed by atoms with E-state index in [9.17, 15) is 0 Å². The van der Waals surface area contributed by atoms with Gasteiger partial charge in [0.2, 0.25) is 0 Å². The summed E-state index contributed by atoms with van der Waals surface area (Å²) in [5.41, 5.74) is 14.6. The van der Waals surface area contributed by atoms with E-state index >= 15 is 0 Å². The SMILES string of the molecule is c1ccc(-c2cc(-c3ccc(N(c4ccccc4)c4ccc(-c5cccc6c5oc5ccccc56)cc4)cc3)ccc2-c2cccc3ccccc23)cc1. The van der Waals surface area contributed by atoms with Gasteiger partial charge in [-0.1, -0.05) is 164 Å². The Hall–Kier alpha value is -7.16. The van der Waals surface area contributed by atoms with Gasteiger partial charge < -0.3 is 9.32 Å².